The first kappa shape index (κ1) is 24.0. The van der Waals surface area contributed by atoms with E-state index in [0.717, 1.165) is 23.8 Å². The molecule has 34 heavy (non-hydrogen) atoms. The summed E-state index contributed by atoms with van der Waals surface area (Å²) in [6, 6.07) is 12.2. The van der Waals surface area contributed by atoms with Gasteiger partial charge in [-0.15, -0.1) is 0 Å². The van der Waals surface area contributed by atoms with Gasteiger partial charge in [-0.2, -0.15) is 0 Å². The van der Waals surface area contributed by atoms with Crippen molar-refractivity contribution in [1.29, 1.82) is 0 Å². The normalized spacial score (nSPS) is 14.1. The summed E-state index contributed by atoms with van der Waals surface area (Å²) < 4.78 is 24.2. The molecule has 2 N–H and O–H groups in total. The molecule has 1 aliphatic rings. The maximum atomic E-state index is 13.4. The Balaban J connectivity index is 1.63. The Morgan fingerprint density at radius 2 is 1.74 bits per heavy atom. The molecule has 1 saturated carbocycles. The zero-order valence-corrected chi connectivity index (χ0v) is 20.3. The SMILES string of the molecule is COc1cc2cc(CN(Cc3ccc(F)cc3)C(=S)NC3CCCCC3)c(=O)[nH]c2cc1OC. The van der Waals surface area contributed by atoms with Crippen LogP contribution in [0.2, 0.25) is 0 Å². The van der Waals surface area contributed by atoms with Crippen molar-refractivity contribution in [2.24, 2.45) is 0 Å². The van der Waals surface area contributed by atoms with Gasteiger partial charge in [-0.3, -0.25) is 4.79 Å². The summed E-state index contributed by atoms with van der Waals surface area (Å²) >= 11 is 5.78. The molecular weight excluding hydrogens is 453 g/mol. The highest BCUT2D eigenvalue weighted by Gasteiger charge is 2.19. The van der Waals surface area contributed by atoms with Crippen LogP contribution in [0.4, 0.5) is 4.39 Å². The summed E-state index contributed by atoms with van der Waals surface area (Å²) in [5.41, 5.74) is 1.97. The molecule has 1 fully saturated rings. The van der Waals surface area contributed by atoms with Gasteiger partial charge < -0.3 is 24.7 Å². The predicted molar refractivity (Wildman–Crippen MR) is 136 cm³/mol. The summed E-state index contributed by atoms with van der Waals surface area (Å²) in [6.45, 7) is 0.776. The van der Waals surface area contributed by atoms with Gasteiger partial charge in [0.25, 0.3) is 5.56 Å². The van der Waals surface area contributed by atoms with Crippen molar-refractivity contribution >= 4 is 28.2 Å². The molecule has 0 aliphatic heterocycles. The highest BCUT2D eigenvalue weighted by molar-refractivity contribution is 7.80. The number of methoxy groups -OCH3 is 2. The van der Waals surface area contributed by atoms with E-state index in [1.165, 1.54) is 31.4 Å². The smallest absolute Gasteiger partial charge is 0.253 e. The summed E-state index contributed by atoms with van der Waals surface area (Å²) in [4.78, 5) is 17.9. The average molecular weight is 484 g/mol. The van der Waals surface area contributed by atoms with Crippen LogP contribution in [0.1, 0.15) is 43.2 Å². The van der Waals surface area contributed by atoms with Gasteiger partial charge in [0.15, 0.2) is 16.6 Å². The number of benzene rings is 2. The standard InChI is InChI=1S/C26H30FN3O3S/c1-32-23-13-18-12-19(25(31)29-22(18)14-24(23)33-2)16-30(15-17-8-10-20(27)11-9-17)26(34)28-21-6-4-3-5-7-21/h8-14,21H,3-7,15-16H2,1-2H3,(H,28,34)(H,29,31). The van der Waals surface area contributed by atoms with Crippen LogP contribution in [0.5, 0.6) is 11.5 Å². The topological polar surface area (TPSA) is 66.6 Å². The number of H-pyrrole nitrogens is 1. The van der Waals surface area contributed by atoms with Crippen LogP contribution in [0, 0.1) is 5.82 Å². The number of hydrogen-bond acceptors (Lipinski definition) is 4. The number of nitrogens with zero attached hydrogens (tertiary/aromatic N) is 1. The molecular formula is C26H30FN3O3S. The first-order valence-electron chi connectivity index (χ1n) is 11.5. The third-order valence-electron chi connectivity index (χ3n) is 6.29. The molecule has 0 unspecified atom stereocenters. The summed E-state index contributed by atoms with van der Waals surface area (Å²) in [6.07, 6.45) is 5.80. The van der Waals surface area contributed by atoms with Crippen LogP contribution in [0.25, 0.3) is 10.9 Å². The average Bonchev–Trinajstić information content (AvgIpc) is 2.85. The minimum atomic E-state index is -0.284. The fourth-order valence-electron chi connectivity index (χ4n) is 4.42. The number of fused-ring (bicyclic) bond motifs is 1. The molecule has 0 radical (unpaired) electrons. The van der Waals surface area contributed by atoms with Crippen molar-refractivity contribution in [2.45, 2.75) is 51.2 Å². The molecule has 2 aromatic carbocycles. The van der Waals surface area contributed by atoms with Crippen molar-refractivity contribution in [2.75, 3.05) is 14.2 Å². The van der Waals surface area contributed by atoms with Gasteiger partial charge >= 0.3 is 0 Å². The highest BCUT2D eigenvalue weighted by Crippen LogP contribution is 2.31. The molecule has 0 atom stereocenters. The second-order valence-corrected chi connectivity index (χ2v) is 9.07. The largest absolute Gasteiger partial charge is 0.493 e. The number of rotatable bonds is 7. The fraction of sp³-hybridized carbons (Fsp3) is 0.385. The van der Waals surface area contributed by atoms with E-state index in [0.29, 0.717) is 46.8 Å². The van der Waals surface area contributed by atoms with E-state index >= 15 is 0 Å². The zero-order chi connectivity index (χ0) is 24.1. The van der Waals surface area contributed by atoms with Gasteiger partial charge in [0.2, 0.25) is 0 Å². The molecule has 0 bridgehead atoms. The highest BCUT2D eigenvalue weighted by atomic mass is 32.1. The first-order valence-corrected chi connectivity index (χ1v) is 12.0. The number of ether oxygens (including phenoxy) is 2. The Kier molecular flexibility index (Phi) is 7.67. The van der Waals surface area contributed by atoms with Crippen molar-refractivity contribution in [3.63, 3.8) is 0 Å². The van der Waals surface area contributed by atoms with Crippen molar-refractivity contribution in [3.8, 4) is 11.5 Å². The van der Waals surface area contributed by atoms with E-state index in [1.807, 2.05) is 17.0 Å². The number of aromatic nitrogens is 1. The van der Waals surface area contributed by atoms with Gasteiger partial charge in [-0.1, -0.05) is 31.4 Å². The van der Waals surface area contributed by atoms with E-state index in [-0.39, 0.29) is 11.4 Å². The predicted octanol–water partition coefficient (Wildman–Crippen LogP) is 4.89. The Morgan fingerprint density at radius 3 is 2.41 bits per heavy atom. The molecule has 180 valence electrons. The molecule has 8 heteroatoms. The van der Waals surface area contributed by atoms with Gasteiger partial charge in [-0.05, 0) is 54.9 Å². The molecule has 0 saturated heterocycles. The van der Waals surface area contributed by atoms with Crippen LogP contribution in [0.3, 0.4) is 0 Å². The van der Waals surface area contributed by atoms with Crippen LogP contribution in [-0.2, 0) is 13.1 Å². The Labute approximate surface area is 204 Å². The Hall–Kier alpha value is -3.13. The Morgan fingerprint density at radius 1 is 1.06 bits per heavy atom. The maximum Gasteiger partial charge on any atom is 0.253 e. The summed E-state index contributed by atoms with van der Waals surface area (Å²) in [5, 5.41) is 4.93. The molecule has 6 nitrogen and oxygen atoms in total. The molecule has 0 amide bonds. The molecule has 3 aromatic rings. The van der Waals surface area contributed by atoms with Crippen LogP contribution < -0.4 is 20.3 Å². The number of thiocarbonyl (C=S) groups is 1. The minimum Gasteiger partial charge on any atom is -0.493 e. The van der Waals surface area contributed by atoms with Gasteiger partial charge in [0, 0.05) is 29.6 Å². The lowest BCUT2D eigenvalue weighted by Crippen LogP contribution is -2.45. The second kappa shape index (κ2) is 10.9. The summed E-state index contributed by atoms with van der Waals surface area (Å²) in [7, 11) is 3.14. The molecule has 4 rings (SSSR count). The molecule has 1 aliphatic carbocycles. The quantitative estimate of drug-likeness (QED) is 0.467. The van der Waals surface area contributed by atoms with E-state index in [4.69, 9.17) is 21.7 Å². The maximum absolute atomic E-state index is 13.4. The van der Waals surface area contributed by atoms with Crippen LogP contribution in [0.15, 0.2) is 47.3 Å². The summed E-state index contributed by atoms with van der Waals surface area (Å²) in [5.74, 6) is 0.855. The van der Waals surface area contributed by atoms with Gasteiger partial charge in [-0.25, -0.2) is 4.39 Å². The lowest BCUT2D eigenvalue weighted by Gasteiger charge is -2.31. The molecule has 1 aromatic heterocycles. The molecule has 1 heterocycles. The third-order valence-corrected chi connectivity index (χ3v) is 6.67. The number of pyridine rings is 1. The number of hydrogen-bond donors (Lipinski definition) is 2. The van der Waals surface area contributed by atoms with Crippen LogP contribution in [-0.4, -0.2) is 35.3 Å². The number of nitrogens with one attached hydrogen (secondary N) is 2. The number of halogens is 1. The van der Waals surface area contributed by atoms with Crippen molar-refractivity contribution < 1.29 is 13.9 Å². The van der Waals surface area contributed by atoms with Crippen molar-refractivity contribution in [3.05, 3.63) is 69.8 Å². The van der Waals surface area contributed by atoms with Gasteiger partial charge in [0.1, 0.15) is 5.82 Å². The first-order chi connectivity index (χ1) is 16.5. The number of aromatic amines is 1. The van der Waals surface area contributed by atoms with E-state index < -0.39 is 0 Å². The van der Waals surface area contributed by atoms with Crippen molar-refractivity contribution in [1.82, 2.24) is 15.2 Å². The monoisotopic (exact) mass is 483 g/mol. The second-order valence-electron chi connectivity index (χ2n) is 8.69. The zero-order valence-electron chi connectivity index (χ0n) is 19.5. The van der Waals surface area contributed by atoms with E-state index in [9.17, 15) is 9.18 Å². The van der Waals surface area contributed by atoms with Crippen LogP contribution >= 0.6 is 12.2 Å². The fourth-order valence-corrected chi connectivity index (χ4v) is 4.72. The minimum absolute atomic E-state index is 0.190. The van der Waals surface area contributed by atoms with Gasteiger partial charge in [0.05, 0.1) is 26.3 Å². The third kappa shape index (κ3) is 5.67. The van der Waals surface area contributed by atoms with E-state index in [1.54, 1.807) is 32.4 Å². The van der Waals surface area contributed by atoms with E-state index in [2.05, 4.69) is 10.3 Å². The lowest BCUT2D eigenvalue weighted by atomic mass is 9.96. The molecule has 0 spiro atoms. The lowest BCUT2D eigenvalue weighted by molar-refractivity contribution is 0.355. The Bertz CT molecular complexity index is 1210.